The van der Waals surface area contributed by atoms with E-state index in [1.54, 1.807) is 6.07 Å². The van der Waals surface area contributed by atoms with E-state index in [-0.39, 0.29) is 19.0 Å². The smallest absolute Gasteiger partial charge is 0.261 e. The van der Waals surface area contributed by atoms with Gasteiger partial charge in [-0.25, -0.2) is 0 Å². The zero-order chi connectivity index (χ0) is 11.3. The molecule has 0 unspecified atom stereocenters. The van der Waals surface area contributed by atoms with Crippen molar-refractivity contribution in [2.45, 2.75) is 6.92 Å². The van der Waals surface area contributed by atoms with Crippen LogP contribution in [0.15, 0.2) is 12.1 Å². The first-order valence-electron chi connectivity index (χ1n) is 4.39. The molecule has 0 aliphatic heterocycles. The van der Waals surface area contributed by atoms with Gasteiger partial charge in [-0.2, -0.15) is 0 Å². The van der Waals surface area contributed by atoms with Crippen molar-refractivity contribution in [1.82, 2.24) is 10.6 Å². The average molecular weight is 227 g/mol. The van der Waals surface area contributed by atoms with Crippen molar-refractivity contribution < 1.29 is 14.7 Å². The van der Waals surface area contributed by atoms with Crippen LogP contribution in [0.4, 0.5) is 4.79 Å². The number of hydrogen-bond donors (Lipinski definition) is 2. The zero-order valence-corrected chi connectivity index (χ0v) is 9.02. The predicted octanol–water partition coefficient (Wildman–Crippen LogP) is -0.281. The molecule has 2 N–H and O–H groups in total. The summed E-state index contributed by atoms with van der Waals surface area (Å²) < 4.78 is 0. The van der Waals surface area contributed by atoms with E-state index in [2.05, 4.69) is 10.6 Å². The van der Waals surface area contributed by atoms with Gasteiger partial charge in [0.2, 0.25) is 0 Å². The van der Waals surface area contributed by atoms with Gasteiger partial charge >= 0.3 is 0 Å². The first-order chi connectivity index (χ1) is 7.09. The van der Waals surface area contributed by atoms with Crippen molar-refractivity contribution in [2.75, 3.05) is 13.1 Å². The Bertz CT molecular complexity index is 362. The number of amides is 2. The topological polar surface area (TPSA) is 81.3 Å². The number of nitrogens with one attached hydrogen (secondary N) is 2. The predicted molar refractivity (Wildman–Crippen MR) is 54.8 cm³/mol. The van der Waals surface area contributed by atoms with Crippen LogP contribution in [0.1, 0.15) is 14.5 Å². The van der Waals surface area contributed by atoms with Crippen LogP contribution < -0.4 is 15.7 Å². The monoisotopic (exact) mass is 227 g/mol. The van der Waals surface area contributed by atoms with Gasteiger partial charge in [-0.15, -0.1) is 11.3 Å². The molecule has 82 valence electrons. The lowest BCUT2D eigenvalue weighted by atomic mass is 10.4. The second kappa shape index (κ2) is 5.35. The number of rotatable bonds is 4. The Balaban J connectivity index is 2.28. The minimum absolute atomic E-state index is 0.151. The molecule has 0 aromatic carbocycles. The van der Waals surface area contributed by atoms with Crippen LogP contribution >= 0.6 is 11.3 Å². The van der Waals surface area contributed by atoms with Crippen LogP contribution in [-0.2, 0) is 0 Å². The van der Waals surface area contributed by atoms with Gasteiger partial charge in [0.05, 0.1) is 4.88 Å². The third-order valence-corrected chi connectivity index (χ3v) is 2.64. The quantitative estimate of drug-likeness (QED) is 0.694. The fourth-order valence-corrected chi connectivity index (χ4v) is 1.77. The first-order valence-corrected chi connectivity index (χ1v) is 5.20. The van der Waals surface area contributed by atoms with E-state index in [1.165, 1.54) is 11.3 Å². The van der Waals surface area contributed by atoms with Gasteiger partial charge in [0, 0.05) is 18.0 Å². The van der Waals surface area contributed by atoms with E-state index in [9.17, 15) is 14.7 Å². The molecule has 0 radical (unpaired) electrons. The molecule has 1 aromatic rings. The maximum absolute atomic E-state index is 11.4. The lowest BCUT2D eigenvalue weighted by Crippen LogP contribution is -2.41. The normalized spacial score (nSPS) is 9.67. The molecule has 1 heterocycles. The summed E-state index contributed by atoms with van der Waals surface area (Å²) in [7, 11) is 0. The van der Waals surface area contributed by atoms with Crippen molar-refractivity contribution >= 4 is 23.3 Å². The van der Waals surface area contributed by atoms with Gasteiger partial charge in [0.15, 0.2) is 0 Å². The lowest BCUT2D eigenvalue weighted by molar-refractivity contribution is -0.250. The molecule has 5 nitrogen and oxygen atoms in total. The highest BCUT2D eigenvalue weighted by atomic mass is 32.1. The molecule has 0 spiro atoms. The minimum atomic E-state index is -1.34. The summed E-state index contributed by atoms with van der Waals surface area (Å²) in [5.74, 6) is -0.187. The van der Waals surface area contributed by atoms with E-state index in [1.807, 2.05) is 13.0 Å². The van der Waals surface area contributed by atoms with Gasteiger partial charge in [0.25, 0.3) is 5.91 Å². The van der Waals surface area contributed by atoms with Crippen molar-refractivity contribution in [3.05, 3.63) is 21.9 Å². The van der Waals surface area contributed by atoms with Crippen LogP contribution in [0.3, 0.4) is 0 Å². The number of aryl methyl sites for hydroxylation is 1. The van der Waals surface area contributed by atoms with Crippen LogP contribution in [0, 0.1) is 6.92 Å². The van der Waals surface area contributed by atoms with Crippen molar-refractivity contribution in [3.63, 3.8) is 0 Å². The molecule has 2 amide bonds. The van der Waals surface area contributed by atoms with Gasteiger partial charge < -0.3 is 20.5 Å². The summed E-state index contributed by atoms with van der Waals surface area (Å²) in [4.78, 5) is 23.1. The van der Waals surface area contributed by atoms with E-state index >= 15 is 0 Å². The Morgan fingerprint density at radius 1 is 1.33 bits per heavy atom. The molecular weight excluding hydrogens is 216 g/mol. The third-order valence-electron chi connectivity index (χ3n) is 1.64. The summed E-state index contributed by atoms with van der Waals surface area (Å²) in [6.07, 6.45) is -1.34. The fourth-order valence-electron chi connectivity index (χ4n) is 0.984. The van der Waals surface area contributed by atoms with E-state index in [0.29, 0.717) is 4.88 Å². The number of carbonyl (C=O) groups is 2. The summed E-state index contributed by atoms with van der Waals surface area (Å²) >= 11 is 1.40. The first kappa shape index (κ1) is 11.5. The van der Waals surface area contributed by atoms with Gasteiger partial charge in [-0.05, 0) is 19.1 Å². The Kier molecular flexibility index (Phi) is 4.11. The van der Waals surface area contributed by atoms with Crippen LogP contribution in [0.25, 0.3) is 0 Å². The molecule has 0 bridgehead atoms. The molecule has 1 rings (SSSR count). The highest BCUT2D eigenvalue weighted by molar-refractivity contribution is 7.13. The largest absolute Gasteiger partial charge is 0.530 e. The summed E-state index contributed by atoms with van der Waals surface area (Å²) in [6, 6.07) is 3.60. The number of hydrogen-bond acceptors (Lipinski definition) is 4. The molecule has 0 aliphatic rings. The third kappa shape index (κ3) is 3.99. The molecule has 0 aliphatic carbocycles. The van der Waals surface area contributed by atoms with Crippen LogP contribution in [0.2, 0.25) is 0 Å². The molecule has 15 heavy (non-hydrogen) atoms. The maximum atomic E-state index is 11.4. The van der Waals surface area contributed by atoms with Gasteiger partial charge in [0.1, 0.15) is 6.09 Å². The molecular formula is C9H11N2O3S-. The van der Waals surface area contributed by atoms with E-state index < -0.39 is 6.09 Å². The molecule has 0 saturated heterocycles. The summed E-state index contributed by atoms with van der Waals surface area (Å²) in [5, 5.41) is 14.6. The van der Waals surface area contributed by atoms with Crippen molar-refractivity contribution in [2.24, 2.45) is 0 Å². The van der Waals surface area contributed by atoms with E-state index in [4.69, 9.17) is 0 Å². The van der Waals surface area contributed by atoms with Crippen LogP contribution in [0.5, 0.6) is 0 Å². The number of carbonyl (C=O) groups excluding carboxylic acids is 2. The summed E-state index contributed by atoms with van der Waals surface area (Å²) in [6.45, 7) is 2.32. The molecule has 0 fully saturated rings. The number of thiophene rings is 1. The lowest BCUT2D eigenvalue weighted by Gasteiger charge is -2.06. The molecule has 1 aromatic heterocycles. The van der Waals surface area contributed by atoms with Gasteiger partial charge in [-0.3, -0.25) is 4.79 Å². The SMILES string of the molecule is Cc1ccc(C(=O)NCCNC(=O)[O-])s1. The standard InChI is InChI=1S/C9H12N2O3S/c1-6-2-3-7(15-6)8(12)10-4-5-11-9(13)14/h2-3,11H,4-5H2,1H3,(H,10,12)(H,13,14)/p-1. The molecule has 0 atom stereocenters. The Labute approximate surface area is 91.1 Å². The molecule has 6 heteroatoms. The molecule has 0 saturated carbocycles. The highest BCUT2D eigenvalue weighted by Crippen LogP contribution is 2.14. The van der Waals surface area contributed by atoms with Gasteiger partial charge in [-0.1, -0.05) is 0 Å². The minimum Gasteiger partial charge on any atom is -0.530 e. The second-order valence-corrected chi connectivity index (χ2v) is 4.17. The average Bonchev–Trinajstić information content (AvgIpc) is 2.59. The number of carboxylic acid groups (broad SMARTS) is 1. The Morgan fingerprint density at radius 2 is 2.00 bits per heavy atom. The Morgan fingerprint density at radius 3 is 2.53 bits per heavy atom. The zero-order valence-electron chi connectivity index (χ0n) is 8.20. The summed E-state index contributed by atoms with van der Waals surface area (Å²) in [5.41, 5.74) is 0. The van der Waals surface area contributed by atoms with Crippen LogP contribution in [-0.4, -0.2) is 25.1 Å². The van der Waals surface area contributed by atoms with Crippen molar-refractivity contribution in [3.8, 4) is 0 Å². The maximum Gasteiger partial charge on any atom is 0.261 e. The van der Waals surface area contributed by atoms with E-state index in [0.717, 1.165) is 4.88 Å². The van der Waals surface area contributed by atoms with Crippen molar-refractivity contribution in [1.29, 1.82) is 0 Å². The second-order valence-electron chi connectivity index (χ2n) is 2.88. The fraction of sp³-hybridized carbons (Fsp3) is 0.333. The Hall–Kier alpha value is -1.56. The highest BCUT2D eigenvalue weighted by Gasteiger charge is 2.06.